The summed E-state index contributed by atoms with van der Waals surface area (Å²) in [6, 6.07) is 0. The van der Waals surface area contributed by atoms with Gasteiger partial charge in [-0.05, 0) is 25.0 Å². The maximum absolute atomic E-state index is 10.00. The van der Waals surface area contributed by atoms with Crippen molar-refractivity contribution in [2.24, 2.45) is 0 Å². The molecule has 0 radical (unpaired) electrons. The van der Waals surface area contributed by atoms with Gasteiger partial charge in [-0.15, -0.1) is 0 Å². The molecule has 1 aliphatic rings. The van der Waals surface area contributed by atoms with Crippen molar-refractivity contribution in [2.45, 2.75) is 37.4 Å². The largest absolute Gasteiger partial charge is 0.303 e. The van der Waals surface area contributed by atoms with Crippen LogP contribution in [-0.4, -0.2) is 17.3 Å². The first kappa shape index (κ1) is 9.85. The van der Waals surface area contributed by atoms with E-state index in [0.29, 0.717) is 6.42 Å². The lowest BCUT2D eigenvalue weighted by Crippen LogP contribution is -2.07. The number of carbonyl (C=O) groups is 1. The minimum atomic E-state index is 0.581. The molecule has 68 valence electrons. The second kappa shape index (κ2) is 6.30. The van der Waals surface area contributed by atoms with Crippen molar-refractivity contribution in [2.75, 3.05) is 5.75 Å². The van der Waals surface area contributed by atoms with Crippen molar-refractivity contribution in [3.8, 4) is 0 Å². The highest BCUT2D eigenvalue weighted by atomic mass is 32.2. The number of rotatable bonds is 4. The summed E-state index contributed by atoms with van der Waals surface area (Å²) >= 11 is 2.08. The van der Waals surface area contributed by atoms with E-state index in [1.807, 2.05) is 6.08 Å². The van der Waals surface area contributed by atoms with E-state index in [2.05, 4.69) is 17.8 Å². The summed E-state index contributed by atoms with van der Waals surface area (Å²) < 4.78 is 0. The minimum absolute atomic E-state index is 0.581. The predicted molar refractivity (Wildman–Crippen MR) is 54.5 cm³/mol. The molecule has 0 amide bonds. The SMILES string of the molecule is O=CC/C=C\CC1CCCCS1. The molecule has 0 aliphatic carbocycles. The first-order chi connectivity index (χ1) is 5.93. The molecule has 0 aromatic heterocycles. The van der Waals surface area contributed by atoms with Gasteiger partial charge in [0.05, 0.1) is 0 Å². The van der Waals surface area contributed by atoms with E-state index in [9.17, 15) is 4.79 Å². The fourth-order valence-corrected chi connectivity index (χ4v) is 2.68. The molecule has 1 unspecified atom stereocenters. The quantitative estimate of drug-likeness (QED) is 0.493. The lowest BCUT2D eigenvalue weighted by molar-refractivity contribution is -0.107. The Morgan fingerprint density at radius 3 is 2.92 bits per heavy atom. The Kier molecular flexibility index (Phi) is 5.16. The molecule has 0 aromatic rings. The Hall–Kier alpha value is -0.240. The molecule has 0 N–H and O–H groups in total. The van der Waals surface area contributed by atoms with Gasteiger partial charge < -0.3 is 4.79 Å². The van der Waals surface area contributed by atoms with Crippen molar-refractivity contribution in [3.63, 3.8) is 0 Å². The van der Waals surface area contributed by atoms with Gasteiger partial charge in [-0.2, -0.15) is 11.8 Å². The molecule has 1 nitrogen and oxygen atoms in total. The number of hydrogen-bond donors (Lipinski definition) is 0. The zero-order valence-corrected chi connectivity index (χ0v) is 8.19. The van der Waals surface area contributed by atoms with Crippen LogP contribution >= 0.6 is 11.8 Å². The molecule has 0 saturated carbocycles. The van der Waals surface area contributed by atoms with Gasteiger partial charge in [-0.3, -0.25) is 0 Å². The first-order valence-electron chi connectivity index (χ1n) is 4.63. The smallest absolute Gasteiger partial charge is 0.123 e. The molecule has 0 bridgehead atoms. The third-order valence-electron chi connectivity index (χ3n) is 2.07. The van der Waals surface area contributed by atoms with Gasteiger partial charge in [0.25, 0.3) is 0 Å². The van der Waals surface area contributed by atoms with Crippen molar-refractivity contribution in [3.05, 3.63) is 12.2 Å². The zero-order valence-electron chi connectivity index (χ0n) is 7.37. The molecule has 2 heteroatoms. The Bertz CT molecular complexity index is 148. The van der Waals surface area contributed by atoms with Gasteiger partial charge >= 0.3 is 0 Å². The van der Waals surface area contributed by atoms with Gasteiger partial charge in [0.1, 0.15) is 6.29 Å². The standard InChI is InChI=1S/C10H16OS/c11-8-4-1-2-6-10-7-3-5-9-12-10/h1-2,8,10H,3-7,9H2/b2-1-. The van der Waals surface area contributed by atoms with E-state index in [-0.39, 0.29) is 0 Å². The Morgan fingerprint density at radius 1 is 1.33 bits per heavy atom. The molecule has 1 aliphatic heterocycles. The van der Waals surface area contributed by atoms with Crippen LogP contribution in [0, 0.1) is 0 Å². The van der Waals surface area contributed by atoms with Gasteiger partial charge in [0.2, 0.25) is 0 Å². The fourth-order valence-electron chi connectivity index (χ4n) is 1.39. The molecule has 1 rings (SSSR count). The second-order valence-corrected chi connectivity index (χ2v) is 4.51. The molecule has 0 spiro atoms. The van der Waals surface area contributed by atoms with Gasteiger partial charge in [-0.25, -0.2) is 0 Å². The van der Waals surface area contributed by atoms with Crippen LogP contribution in [0.3, 0.4) is 0 Å². The average molecular weight is 184 g/mol. The van der Waals surface area contributed by atoms with Crippen LogP contribution in [0.15, 0.2) is 12.2 Å². The van der Waals surface area contributed by atoms with Crippen LogP contribution in [0.5, 0.6) is 0 Å². The summed E-state index contributed by atoms with van der Waals surface area (Å²) in [5, 5.41) is 0.821. The highest BCUT2D eigenvalue weighted by Gasteiger charge is 2.11. The summed E-state index contributed by atoms with van der Waals surface area (Å²) in [5.41, 5.74) is 0. The lowest BCUT2D eigenvalue weighted by Gasteiger charge is -2.19. The maximum atomic E-state index is 10.00. The highest BCUT2D eigenvalue weighted by molar-refractivity contribution is 7.99. The van der Waals surface area contributed by atoms with Gasteiger partial charge in [0.15, 0.2) is 0 Å². The van der Waals surface area contributed by atoms with Crippen LogP contribution in [0.1, 0.15) is 32.1 Å². The van der Waals surface area contributed by atoms with Crippen LogP contribution in [0.25, 0.3) is 0 Å². The summed E-state index contributed by atoms with van der Waals surface area (Å²) in [4.78, 5) is 10.00. The van der Waals surface area contributed by atoms with Crippen LogP contribution in [-0.2, 0) is 4.79 Å². The van der Waals surface area contributed by atoms with Gasteiger partial charge in [-0.1, -0.05) is 18.6 Å². The number of allylic oxidation sites excluding steroid dienone is 2. The van der Waals surface area contributed by atoms with E-state index >= 15 is 0 Å². The number of thioether (sulfide) groups is 1. The summed E-state index contributed by atoms with van der Waals surface area (Å²) in [6.07, 6.45) is 10.9. The Balaban J connectivity index is 2.08. The van der Waals surface area contributed by atoms with E-state index in [4.69, 9.17) is 0 Å². The molecule has 1 fully saturated rings. The third kappa shape index (κ3) is 3.96. The molecule has 0 aromatic carbocycles. The van der Waals surface area contributed by atoms with Crippen LogP contribution in [0.4, 0.5) is 0 Å². The Morgan fingerprint density at radius 2 is 2.25 bits per heavy atom. The van der Waals surface area contributed by atoms with Crippen LogP contribution in [0.2, 0.25) is 0 Å². The topological polar surface area (TPSA) is 17.1 Å². The average Bonchev–Trinajstić information content (AvgIpc) is 2.14. The van der Waals surface area contributed by atoms with Crippen LogP contribution < -0.4 is 0 Å². The van der Waals surface area contributed by atoms with Crippen molar-refractivity contribution in [1.29, 1.82) is 0 Å². The molecular formula is C10H16OS. The molecule has 1 heterocycles. The predicted octanol–water partition coefficient (Wildman–Crippen LogP) is 2.81. The molecule has 1 saturated heterocycles. The minimum Gasteiger partial charge on any atom is -0.303 e. The molecule has 12 heavy (non-hydrogen) atoms. The van der Waals surface area contributed by atoms with Crippen molar-refractivity contribution in [1.82, 2.24) is 0 Å². The fraction of sp³-hybridized carbons (Fsp3) is 0.700. The van der Waals surface area contributed by atoms with Crippen molar-refractivity contribution >= 4 is 18.0 Å². The highest BCUT2D eigenvalue weighted by Crippen LogP contribution is 2.27. The first-order valence-corrected chi connectivity index (χ1v) is 5.68. The molecule has 1 atom stereocenters. The summed E-state index contributed by atoms with van der Waals surface area (Å²) in [5.74, 6) is 1.33. The third-order valence-corrected chi connectivity index (χ3v) is 3.50. The zero-order chi connectivity index (χ0) is 8.65. The Labute approximate surface area is 78.6 Å². The monoisotopic (exact) mass is 184 g/mol. The normalized spacial score (nSPS) is 24.5. The van der Waals surface area contributed by atoms with E-state index in [1.165, 1.54) is 25.0 Å². The van der Waals surface area contributed by atoms with E-state index in [1.54, 1.807) is 0 Å². The second-order valence-electron chi connectivity index (χ2n) is 3.10. The van der Waals surface area contributed by atoms with Gasteiger partial charge in [0, 0.05) is 11.7 Å². The number of hydrogen-bond acceptors (Lipinski definition) is 2. The van der Waals surface area contributed by atoms with E-state index in [0.717, 1.165) is 18.0 Å². The lowest BCUT2D eigenvalue weighted by atomic mass is 10.1. The number of carbonyl (C=O) groups excluding carboxylic acids is 1. The number of aldehydes is 1. The maximum Gasteiger partial charge on any atom is 0.123 e. The summed E-state index contributed by atoms with van der Waals surface area (Å²) in [7, 11) is 0. The van der Waals surface area contributed by atoms with E-state index < -0.39 is 0 Å². The molecular weight excluding hydrogens is 168 g/mol. The van der Waals surface area contributed by atoms with Crippen molar-refractivity contribution < 1.29 is 4.79 Å². The summed E-state index contributed by atoms with van der Waals surface area (Å²) in [6.45, 7) is 0.